The van der Waals surface area contributed by atoms with Crippen molar-refractivity contribution in [3.05, 3.63) is 35.2 Å². The number of hydrogen-bond acceptors (Lipinski definition) is 12. The predicted molar refractivity (Wildman–Crippen MR) is 125 cm³/mol. The summed E-state index contributed by atoms with van der Waals surface area (Å²) in [7, 11) is -2.82. The summed E-state index contributed by atoms with van der Waals surface area (Å²) < 4.78 is 51.8. The van der Waals surface area contributed by atoms with Crippen molar-refractivity contribution in [3.63, 3.8) is 0 Å². The van der Waals surface area contributed by atoms with Gasteiger partial charge in [0.15, 0.2) is 12.2 Å². The zero-order valence-corrected chi connectivity index (χ0v) is 21.3. The molecule has 1 fully saturated rings. The Balaban J connectivity index is 2.41. The van der Waals surface area contributed by atoms with Crippen LogP contribution in [0.4, 0.5) is 0 Å². The molecule has 0 aromatic heterocycles. The van der Waals surface area contributed by atoms with Crippen molar-refractivity contribution in [1.82, 2.24) is 0 Å². The molecule has 6 atom stereocenters. The van der Waals surface area contributed by atoms with Crippen molar-refractivity contribution in [2.75, 3.05) is 12.9 Å². The maximum atomic E-state index is 11.9. The van der Waals surface area contributed by atoms with E-state index in [1.54, 1.807) is 24.3 Å². The second kappa shape index (κ2) is 12.5. The third-order valence-electron chi connectivity index (χ3n) is 4.60. The normalized spacial score (nSPS) is 25.3. The number of benzene rings is 1. The molecule has 1 unspecified atom stereocenters. The number of carbonyl (C=O) groups is 4. The van der Waals surface area contributed by atoms with Gasteiger partial charge in [-0.15, -0.1) is 0 Å². The van der Waals surface area contributed by atoms with Crippen LogP contribution in [0.15, 0.2) is 29.7 Å². The summed E-state index contributed by atoms with van der Waals surface area (Å²) in [6.45, 7) is 4.19. The van der Waals surface area contributed by atoms with Gasteiger partial charge in [0.1, 0.15) is 18.5 Å². The first-order valence-corrected chi connectivity index (χ1v) is 12.8. The third-order valence-corrected chi connectivity index (χ3v) is 5.26. The fraction of sp³-hybridized carbons (Fsp3) is 0.478. The van der Waals surface area contributed by atoms with Gasteiger partial charge in [0, 0.05) is 39.4 Å². The van der Waals surface area contributed by atoms with Crippen LogP contribution in [-0.4, -0.2) is 71.7 Å². The van der Waals surface area contributed by atoms with Gasteiger partial charge in [0.25, 0.3) is 0 Å². The Bertz CT molecular complexity index is 1100. The number of rotatable bonds is 9. The topological polar surface area (TPSA) is 165 Å². The Labute approximate surface area is 208 Å². The number of carbonyl (C=O) groups excluding carboxylic acids is 4. The molecule has 0 aliphatic carbocycles. The van der Waals surface area contributed by atoms with E-state index < -0.39 is 64.3 Å². The summed E-state index contributed by atoms with van der Waals surface area (Å²) in [4.78, 5) is 46.9. The molecule has 0 saturated carbocycles. The molecule has 13 heteroatoms. The van der Waals surface area contributed by atoms with Crippen molar-refractivity contribution in [3.8, 4) is 5.75 Å². The molecular weight excluding hydrogens is 498 g/mol. The van der Waals surface area contributed by atoms with Crippen LogP contribution in [0.1, 0.15) is 33.3 Å². The lowest BCUT2D eigenvalue weighted by Crippen LogP contribution is -2.63. The van der Waals surface area contributed by atoms with E-state index in [0.717, 1.165) is 20.8 Å². The highest BCUT2D eigenvalue weighted by atomic mass is 32.2. The van der Waals surface area contributed by atoms with Gasteiger partial charge in [0.2, 0.25) is 12.4 Å². The Kier molecular flexibility index (Phi) is 9.99. The van der Waals surface area contributed by atoms with Gasteiger partial charge in [0.05, 0.1) is 9.73 Å². The number of hydrogen-bond donors (Lipinski definition) is 1. The molecule has 1 aromatic rings. The summed E-state index contributed by atoms with van der Waals surface area (Å²) >= 11 is 0. The average molecular weight is 528 g/mol. The highest BCUT2D eigenvalue weighted by Crippen LogP contribution is 2.31. The summed E-state index contributed by atoms with van der Waals surface area (Å²) in [6.07, 6.45) is -3.65. The first-order chi connectivity index (χ1) is 16.7. The highest BCUT2D eigenvalue weighted by Gasteiger charge is 2.53. The lowest BCUT2D eigenvalue weighted by atomic mass is 9.98. The van der Waals surface area contributed by atoms with Gasteiger partial charge in [-0.2, -0.15) is 0 Å². The maximum absolute atomic E-state index is 11.9. The molecule has 0 spiro atoms. The van der Waals surface area contributed by atoms with Crippen LogP contribution in [0.25, 0.3) is 6.08 Å². The summed E-state index contributed by atoms with van der Waals surface area (Å²) in [5.41, 5.74) is 0.644. The first-order valence-electron chi connectivity index (χ1n) is 10.7. The van der Waals surface area contributed by atoms with E-state index in [-0.39, 0.29) is 12.4 Å². The molecule has 1 N–H and O–H groups in total. The third kappa shape index (κ3) is 9.30. The molecule has 0 radical (unpaired) electrons. The van der Waals surface area contributed by atoms with E-state index in [1.165, 1.54) is 24.7 Å². The lowest BCUT2D eigenvalue weighted by Gasteiger charge is -2.43. The van der Waals surface area contributed by atoms with Gasteiger partial charge in [-0.05, 0) is 23.8 Å². The zero-order chi connectivity index (χ0) is 27.0. The molecule has 198 valence electrons. The van der Waals surface area contributed by atoms with E-state index in [4.69, 9.17) is 33.2 Å². The molecule has 0 amide bonds. The highest BCUT2D eigenvalue weighted by molar-refractivity contribution is 7.94. The largest absolute Gasteiger partial charge is 0.463 e. The minimum atomic E-state index is -2.82. The molecule has 1 aliphatic rings. The van der Waals surface area contributed by atoms with E-state index in [9.17, 15) is 23.4 Å². The van der Waals surface area contributed by atoms with Gasteiger partial charge in [-0.1, -0.05) is 12.1 Å². The molecule has 1 aliphatic heterocycles. The zero-order valence-electron chi connectivity index (χ0n) is 20.5. The summed E-state index contributed by atoms with van der Waals surface area (Å²) in [6, 6.07) is 6.36. The molecule has 1 saturated heterocycles. The van der Waals surface area contributed by atoms with Gasteiger partial charge >= 0.3 is 23.9 Å². The molecule has 0 bridgehead atoms. The van der Waals surface area contributed by atoms with E-state index >= 15 is 0 Å². The van der Waals surface area contributed by atoms with E-state index in [2.05, 4.69) is 0 Å². The maximum Gasteiger partial charge on any atom is 0.303 e. The van der Waals surface area contributed by atoms with Crippen LogP contribution in [0.2, 0.25) is 0 Å². The number of nitrogens with one attached hydrogen (secondary N) is 1. The summed E-state index contributed by atoms with van der Waals surface area (Å²) in [5.74, 6) is -2.60. The van der Waals surface area contributed by atoms with Gasteiger partial charge in [-0.3, -0.25) is 19.2 Å². The van der Waals surface area contributed by atoms with Crippen molar-refractivity contribution in [2.45, 2.75) is 58.4 Å². The fourth-order valence-electron chi connectivity index (χ4n) is 3.28. The first kappa shape index (κ1) is 28.8. The monoisotopic (exact) mass is 527 g/mol. The van der Waals surface area contributed by atoms with Crippen molar-refractivity contribution in [2.24, 2.45) is 0 Å². The molecule has 2 rings (SSSR count). The standard InChI is InChI=1S/C23H29NO11S/c1-13(25)30-12-19-20(31-14(2)26)21(32-15(3)27)22(33-16(4)28)23(35-19)34-18-8-6-17(7-9-18)10-11-36(5,24)29/h6-11,19-24H,12H2,1-5H3/b11-10+/t19-,20-,21+,22-,23-,36?/m1/s1. The second-order valence-corrected chi connectivity index (χ2v) is 10.0. The average Bonchev–Trinajstić information content (AvgIpc) is 2.74. The lowest BCUT2D eigenvalue weighted by molar-refractivity contribution is -0.288. The predicted octanol–water partition coefficient (Wildman–Crippen LogP) is 1.80. The van der Waals surface area contributed by atoms with Crippen molar-refractivity contribution < 1.29 is 51.8 Å². The molecule has 36 heavy (non-hydrogen) atoms. The van der Waals surface area contributed by atoms with Gasteiger partial charge in [-0.25, -0.2) is 8.99 Å². The van der Waals surface area contributed by atoms with Crippen LogP contribution >= 0.6 is 0 Å². The number of ether oxygens (including phenoxy) is 6. The molecule has 1 aromatic carbocycles. The van der Waals surface area contributed by atoms with Crippen molar-refractivity contribution >= 4 is 39.7 Å². The quantitative estimate of drug-likeness (QED) is 0.368. The van der Waals surface area contributed by atoms with Crippen molar-refractivity contribution in [1.29, 1.82) is 4.78 Å². The van der Waals surface area contributed by atoms with E-state index in [0.29, 0.717) is 5.56 Å². The smallest absolute Gasteiger partial charge is 0.303 e. The molecular formula is C23H29NO11S. The number of esters is 4. The van der Waals surface area contributed by atoms with Crippen LogP contribution < -0.4 is 4.74 Å². The molecule has 1 heterocycles. The van der Waals surface area contributed by atoms with Crippen LogP contribution in [-0.2, 0) is 52.6 Å². The SMILES string of the molecule is CC(=O)OC[C@H]1O[C@@H](Oc2ccc(/C=C/S(C)(=N)=O)cc2)[C@H](OC(C)=O)[C@@H](OC(C)=O)[C@@H]1OC(C)=O. The Hall–Kier alpha value is -3.45. The van der Waals surface area contributed by atoms with Crippen LogP contribution in [0.5, 0.6) is 5.75 Å². The van der Waals surface area contributed by atoms with Gasteiger partial charge < -0.3 is 28.4 Å². The minimum Gasteiger partial charge on any atom is -0.463 e. The Morgan fingerprint density at radius 2 is 1.42 bits per heavy atom. The Morgan fingerprint density at radius 3 is 1.92 bits per heavy atom. The summed E-state index contributed by atoms with van der Waals surface area (Å²) in [5, 5.41) is 1.27. The van der Waals surface area contributed by atoms with E-state index in [1.807, 2.05) is 0 Å². The molecule has 12 nitrogen and oxygen atoms in total. The minimum absolute atomic E-state index is 0.260. The van der Waals surface area contributed by atoms with Crippen LogP contribution in [0, 0.1) is 4.78 Å². The second-order valence-electron chi connectivity index (χ2n) is 7.96. The van der Waals surface area contributed by atoms with Crippen LogP contribution in [0.3, 0.4) is 0 Å². The Morgan fingerprint density at radius 1 is 0.889 bits per heavy atom. The fourth-order valence-corrected chi connectivity index (χ4v) is 3.70.